The quantitative estimate of drug-likeness (QED) is 0.404. The Labute approximate surface area is 103 Å². The number of benzene rings is 1. The zero-order chi connectivity index (χ0) is 12.5. The molecule has 0 saturated carbocycles. The first kappa shape index (κ1) is 13.5. The zero-order valence-corrected chi connectivity index (χ0v) is 10.4. The molecule has 0 bridgehead atoms. The van der Waals surface area contributed by atoms with Gasteiger partial charge in [0.25, 0.3) is 0 Å². The third kappa shape index (κ3) is 4.85. The SMILES string of the molecule is C=C[C@@H](CCCCC)OC(=O)c1ccccc1. The van der Waals surface area contributed by atoms with Gasteiger partial charge >= 0.3 is 5.97 Å². The van der Waals surface area contributed by atoms with E-state index in [2.05, 4.69) is 13.5 Å². The molecule has 0 heterocycles. The molecule has 0 fully saturated rings. The fraction of sp³-hybridized carbons (Fsp3) is 0.400. The van der Waals surface area contributed by atoms with Crippen molar-refractivity contribution in [1.82, 2.24) is 0 Å². The second kappa shape index (κ2) is 7.66. The monoisotopic (exact) mass is 232 g/mol. The van der Waals surface area contributed by atoms with Crippen molar-refractivity contribution in [2.24, 2.45) is 0 Å². The fourth-order valence-corrected chi connectivity index (χ4v) is 1.60. The summed E-state index contributed by atoms with van der Waals surface area (Å²) in [7, 11) is 0. The van der Waals surface area contributed by atoms with Crippen LogP contribution in [-0.4, -0.2) is 12.1 Å². The molecule has 1 aromatic carbocycles. The Balaban J connectivity index is 2.45. The maximum Gasteiger partial charge on any atom is 0.338 e. The first-order valence-corrected chi connectivity index (χ1v) is 6.16. The van der Waals surface area contributed by atoms with Crippen LogP contribution in [0.25, 0.3) is 0 Å². The molecule has 1 rings (SSSR count). The molecule has 17 heavy (non-hydrogen) atoms. The van der Waals surface area contributed by atoms with E-state index in [4.69, 9.17) is 4.74 Å². The summed E-state index contributed by atoms with van der Waals surface area (Å²) in [5.74, 6) is -0.271. The molecule has 0 spiro atoms. The second-order valence-electron chi connectivity index (χ2n) is 4.04. The minimum absolute atomic E-state index is 0.172. The summed E-state index contributed by atoms with van der Waals surface area (Å²) in [5.41, 5.74) is 0.592. The summed E-state index contributed by atoms with van der Waals surface area (Å²) in [6.07, 6.45) is 5.78. The summed E-state index contributed by atoms with van der Waals surface area (Å²) in [6.45, 7) is 5.86. The van der Waals surface area contributed by atoms with Gasteiger partial charge < -0.3 is 4.74 Å². The Morgan fingerprint density at radius 3 is 2.65 bits per heavy atom. The van der Waals surface area contributed by atoms with Gasteiger partial charge in [0.05, 0.1) is 5.56 Å². The normalized spacial score (nSPS) is 11.8. The van der Waals surface area contributed by atoms with Gasteiger partial charge in [-0.05, 0) is 25.0 Å². The molecular weight excluding hydrogens is 212 g/mol. The Bertz CT molecular complexity index is 343. The van der Waals surface area contributed by atoms with Crippen molar-refractivity contribution in [2.45, 2.75) is 38.7 Å². The number of carbonyl (C=O) groups is 1. The van der Waals surface area contributed by atoms with E-state index in [-0.39, 0.29) is 12.1 Å². The lowest BCUT2D eigenvalue weighted by molar-refractivity contribution is 0.0377. The van der Waals surface area contributed by atoms with E-state index in [0.717, 1.165) is 25.7 Å². The molecule has 0 aliphatic rings. The Morgan fingerprint density at radius 2 is 2.06 bits per heavy atom. The predicted octanol–water partition coefficient (Wildman–Crippen LogP) is 3.98. The maximum atomic E-state index is 11.8. The fourth-order valence-electron chi connectivity index (χ4n) is 1.60. The molecule has 1 atom stereocenters. The largest absolute Gasteiger partial charge is 0.455 e. The molecule has 0 radical (unpaired) electrons. The highest BCUT2D eigenvalue weighted by Crippen LogP contribution is 2.11. The standard InChI is InChI=1S/C15H20O2/c1-3-5-7-12-14(4-2)17-15(16)13-10-8-6-9-11-13/h4,6,8-11,14H,2-3,5,7,12H2,1H3/t14-/m0/s1. The van der Waals surface area contributed by atoms with Crippen LogP contribution in [-0.2, 0) is 4.74 Å². The lowest BCUT2D eigenvalue weighted by atomic mass is 10.1. The molecule has 2 heteroatoms. The molecular formula is C15H20O2. The molecule has 0 amide bonds. The average Bonchev–Trinajstić information content (AvgIpc) is 2.38. The number of esters is 1. The molecule has 0 aliphatic carbocycles. The third-order valence-corrected chi connectivity index (χ3v) is 2.62. The van der Waals surface area contributed by atoms with Crippen LogP contribution in [0.3, 0.4) is 0 Å². The third-order valence-electron chi connectivity index (χ3n) is 2.62. The van der Waals surface area contributed by atoms with Crippen LogP contribution < -0.4 is 0 Å². The van der Waals surface area contributed by atoms with E-state index in [9.17, 15) is 4.79 Å². The Kier molecular flexibility index (Phi) is 6.08. The minimum Gasteiger partial charge on any atom is -0.455 e. The van der Waals surface area contributed by atoms with E-state index in [1.54, 1.807) is 18.2 Å². The van der Waals surface area contributed by atoms with Crippen LogP contribution in [0.2, 0.25) is 0 Å². The molecule has 0 aliphatic heterocycles. The van der Waals surface area contributed by atoms with Crippen LogP contribution in [0.1, 0.15) is 43.0 Å². The van der Waals surface area contributed by atoms with Crippen LogP contribution in [0.4, 0.5) is 0 Å². The van der Waals surface area contributed by atoms with E-state index >= 15 is 0 Å². The molecule has 0 N–H and O–H groups in total. The molecule has 0 aromatic heterocycles. The van der Waals surface area contributed by atoms with Gasteiger partial charge in [0, 0.05) is 0 Å². The van der Waals surface area contributed by atoms with Crippen molar-refractivity contribution < 1.29 is 9.53 Å². The summed E-state index contributed by atoms with van der Waals surface area (Å²) in [5, 5.41) is 0. The van der Waals surface area contributed by atoms with Crippen molar-refractivity contribution >= 4 is 5.97 Å². The Morgan fingerprint density at radius 1 is 1.35 bits per heavy atom. The average molecular weight is 232 g/mol. The molecule has 92 valence electrons. The highest BCUT2D eigenvalue weighted by Gasteiger charge is 2.12. The van der Waals surface area contributed by atoms with Crippen molar-refractivity contribution in [3.8, 4) is 0 Å². The van der Waals surface area contributed by atoms with Crippen molar-refractivity contribution in [3.63, 3.8) is 0 Å². The highest BCUT2D eigenvalue weighted by molar-refractivity contribution is 5.89. The highest BCUT2D eigenvalue weighted by atomic mass is 16.5. The van der Waals surface area contributed by atoms with Gasteiger partial charge in [-0.2, -0.15) is 0 Å². The summed E-state index contributed by atoms with van der Waals surface area (Å²) in [6, 6.07) is 9.05. The number of rotatable bonds is 7. The summed E-state index contributed by atoms with van der Waals surface area (Å²) >= 11 is 0. The Hall–Kier alpha value is -1.57. The van der Waals surface area contributed by atoms with E-state index in [1.807, 2.05) is 18.2 Å². The number of hydrogen-bond acceptors (Lipinski definition) is 2. The van der Waals surface area contributed by atoms with E-state index in [1.165, 1.54) is 0 Å². The van der Waals surface area contributed by atoms with Crippen LogP contribution in [0.15, 0.2) is 43.0 Å². The van der Waals surface area contributed by atoms with Gasteiger partial charge in [0.2, 0.25) is 0 Å². The van der Waals surface area contributed by atoms with Gasteiger partial charge in [-0.15, -0.1) is 0 Å². The van der Waals surface area contributed by atoms with Crippen LogP contribution in [0, 0.1) is 0 Å². The van der Waals surface area contributed by atoms with Gasteiger partial charge in [-0.25, -0.2) is 4.79 Å². The summed E-state index contributed by atoms with van der Waals surface area (Å²) in [4.78, 5) is 11.8. The maximum absolute atomic E-state index is 11.8. The number of hydrogen-bond donors (Lipinski definition) is 0. The van der Waals surface area contributed by atoms with E-state index in [0.29, 0.717) is 5.56 Å². The van der Waals surface area contributed by atoms with Crippen LogP contribution >= 0.6 is 0 Å². The van der Waals surface area contributed by atoms with Crippen molar-refractivity contribution in [2.75, 3.05) is 0 Å². The molecule has 0 saturated heterocycles. The number of carbonyl (C=O) groups excluding carboxylic acids is 1. The van der Waals surface area contributed by atoms with Gasteiger partial charge in [0.15, 0.2) is 0 Å². The van der Waals surface area contributed by atoms with E-state index < -0.39 is 0 Å². The smallest absolute Gasteiger partial charge is 0.338 e. The van der Waals surface area contributed by atoms with Gasteiger partial charge in [0.1, 0.15) is 6.10 Å². The van der Waals surface area contributed by atoms with Crippen molar-refractivity contribution in [3.05, 3.63) is 48.6 Å². The number of ether oxygens (including phenoxy) is 1. The molecule has 0 unspecified atom stereocenters. The zero-order valence-electron chi connectivity index (χ0n) is 10.4. The minimum atomic E-state index is -0.271. The first-order valence-electron chi connectivity index (χ1n) is 6.16. The predicted molar refractivity (Wildman–Crippen MR) is 70.0 cm³/mol. The second-order valence-corrected chi connectivity index (χ2v) is 4.04. The topological polar surface area (TPSA) is 26.3 Å². The lowest BCUT2D eigenvalue weighted by Crippen LogP contribution is -2.15. The van der Waals surface area contributed by atoms with Gasteiger partial charge in [-0.1, -0.05) is 50.6 Å². The first-order chi connectivity index (χ1) is 8.27. The van der Waals surface area contributed by atoms with Crippen LogP contribution in [0.5, 0.6) is 0 Å². The summed E-state index contributed by atoms with van der Waals surface area (Å²) < 4.78 is 5.38. The lowest BCUT2D eigenvalue weighted by Gasteiger charge is -2.13. The van der Waals surface area contributed by atoms with Crippen molar-refractivity contribution in [1.29, 1.82) is 0 Å². The number of unbranched alkanes of at least 4 members (excludes halogenated alkanes) is 2. The molecule has 1 aromatic rings. The van der Waals surface area contributed by atoms with Gasteiger partial charge in [-0.3, -0.25) is 0 Å². The molecule has 2 nitrogen and oxygen atoms in total.